The molecule has 0 spiro atoms. The summed E-state index contributed by atoms with van der Waals surface area (Å²) in [4.78, 5) is 0. The minimum atomic E-state index is 0. The Hall–Kier alpha value is -0.406. The summed E-state index contributed by atoms with van der Waals surface area (Å²) in [6.45, 7) is 4.21. The van der Waals surface area contributed by atoms with Crippen LogP contribution in [0.25, 0.3) is 0 Å². The van der Waals surface area contributed by atoms with Gasteiger partial charge in [-0.15, -0.1) is 26.1 Å². The van der Waals surface area contributed by atoms with E-state index in [9.17, 15) is 10.2 Å². The Balaban J connectivity index is -0.000000202. The van der Waals surface area contributed by atoms with Crippen LogP contribution in [0.5, 0.6) is 0 Å². The van der Waals surface area contributed by atoms with Gasteiger partial charge in [0.25, 0.3) is 0 Å². The fourth-order valence-electron chi connectivity index (χ4n) is 0.969. The van der Waals surface area contributed by atoms with Crippen molar-refractivity contribution in [3.05, 3.63) is 48.6 Å². The van der Waals surface area contributed by atoms with Gasteiger partial charge in [0.1, 0.15) is 0 Å². The van der Waals surface area contributed by atoms with E-state index in [1.807, 2.05) is 38.2 Å². The van der Waals surface area contributed by atoms with Crippen molar-refractivity contribution in [3.63, 3.8) is 0 Å². The van der Waals surface area contributed by atoms with Crippen LogP contribution < -0.4 is 10.2 Å². The van der Waals surface area contributed by atoms with Gasteiger partial charge >= 0.3 is 21.7 Å². The molecule has 2 aliphatic rings. The smallest absolute Gasteiger partial charge is 0.854 e. The van der Waals surface area contributed by atoms with Gasteiger partial charge in [0.2, 0.25) is 0 Å². The minimum Gasteiger partial charge on any atom is -0.854 e. The molecule has 0 radical (unpaired) electrons. The fraction of sp³-hybridized carbons (Fsp3) is 0.556. The Kier molecular flexibility index (Phi) is 33.9. The van der Waals surface area contributed by atoms with Gasteiger partial charge < -0.3 is 10.2 Å². The SMILES string of the molecule is CCCC[O-].CCCC[O-].[C-]1=CC=CC1.[C-]1=CC=CC1.[Ti+4]. The predicted octanol–water partition coefficient (Wildman–Crippen LogP) is 2.90. The molecule has 0 saturated heterocycles. The Labute approximate surface area is 146 Å². The molecule has 0 saturated carbocycles. The molecule has 2 rings (SSSR count). The Morgan fingerprint density at radius 1 is 0.810 bits per heavy atom. The molecule has 116 valence electrons. The van der Waals surface area contributed by atoms with Crippen molar-refractivity contribution in [3.8, 4) is 0 Å². The van der Waals surface area contributed by atoms with E-state index in [1.54, 1.807) is 0 Å². The summed E-state index contributed by atoms with van der Waals surface area (Å²) >= 11 is 0. The minimum absolute atomic E-state index is 0. The van der Waals surface area contributed by atoms with E-state index in [1.165, 1.54) is 0 Å². The molecule has 0 aromatic heterocycles. The third-order valence-corrected chi connectivity index (χ3v) is 2.17. The first-order chi connectivity index (χ1) is 9.83. The Bertz CT molecular complexity index is 216. The second-order valence-electron chi connectivity index (χ2n) is 4.12. The van der Waals surface area contributed by atoms with E-state index >= 15 is 0 Å². The van der Waals surface area contributed by atoms with Crippen LogP contribution in [0, 0.1) is 12.2 Å². The second kappa shape index (κ2) is 27.9. The van der Waals surface area contributed by atoms with Crippen molar-refractivity contribution in [1.29, 1.82) is 0 Å². The van der Waals surface area contributed by atoms with Gasteiger partial charge in [-0.3, -0.25) is 12.2 Å². The molecule has 2 nitrogen and oxygen atoms in total. The molecule has 0 atom stereocenters. The normalized spacial score (nSPS) is 12.4. The summed E-state index contributed by atoms with van der Waals surface area (Å²) in [5.74, 6) is 0. The number of unbranched alkanes of at least 4 members (excludes halogenated alkanes) is 2. The largest absolute Gasteiger partial charge is 4.00 e. The number of hydrogen-bond acceptors (Lipinski definition) is 2. The molecule has 2 aliphatic carbocycles. The molecule has 0 bridgehead atoms. The summed E-state index contributed by atoms with van der Waals surface area (Å²) < 4.78 is 0. The quantitative estimate of drug-likeness (QED) is 0.590. The van der Waals surface area contributed by atoms with Gasteiger partial charge in [-0.05, 0) is 0 Å². The molecule has 0 aliphatic heterocycles. The Morgan fingerprint density at radius 3 is 1.24 bits per heavy atom. The van der Waals surface area contributed by atoms with Crippen molar-refractivity contribution in [2.24, 2.45) is 0 Å². The maximum atomic E-state index is 9.53. The first-order valence-electron chi connectivity index (χ1n) is 7.43. The molecule has 0 amide bonds. The molecule has 0 N–H and O–H groups in total. The zero-order chi connectivity index (χ0) is 15.3. The number of allylic oxidation sites excluding steroid dienone is 8. The van der Waals surface area contributed by atoms with E-state index in [-0.39, 0.29) is 34.9 Å². The van der Waals surface area contributed by atoms with Gasteiger partial charge in [-0.25, -0.2) is 24.3 Å². The summed E-state index contributed by atoms with van der Waals surface area (Å²) in [5.41, 5.74) is 0. The molecule has 0 aromatic rings. The van der Waals surface area contributed by atoms with Gasteiger partial charge in [0.15, 0.2) is 0 Å². The first kappa shape index (κ1) is 25.5. The molecule has 0 aromatic carbocycles. The van der Waals surface area contributed by atoms with E-state index < -0.39 is 0 Å². The van der Waals surface area contributed by atoms with Crippen LogP contribution in [0.2, 0.25) is 0 Å². The van der Waals surface area contributed by atoms with Gasteiger partial charge in [0.05, 0.1) is 0 Å². The molecule has 0 heterocycles. The molecular formula is C18H28O2Ti. The number of hydrogen-bond donors (Lipinski definition) is 0. The van der Waals surface area contributed by atoms with Crippen molar-refractivity contribution >= 4 is 0 Å². The predicted molar refractivity (Wildman–Crippen MR) is 82.7 cm³/mol. The average molecular weight is 324 g/mol. The summed E-state index contributed by atoms with van der Waals surface area (Å²) in [5, 5.41) is 19.1. The third kappa shape index (κ3) is 32.8. The topological polar surface area (TPSA) is 46.1 Å². The van der Waals surface area contributed by atoms with Crippen molar-refractivity contribution in [2.75, 3.05) is 13.2 Å². The summed E-state index contributed by atoms with van der Waals surface area (Å²) in [6.07, 6.45) is 23.7. The van der Waals surface area contributed by atoms with Crippen molar-refractivity contribution in [2.45, 2.75) is 52.4 Å². The summed E-state index contributed by atoms with van der Waals surface area (Å²) in [7, 11) is 0. The van der Waals surface area contributed by atoms with Crippen LogP contribution in [-0.4, -0.2) is 13.2 Å². The zero-order valence-electron chi connectivity index (χ0n) is 13.4. The Morgan fingerprint density at radius 2 is 1.19 bits per heavy atom. The molecular weight excluding hydrogens is 296 g/mol. The maximum Gasteiger partial charge on any atom is 4.00 e. The maximum absolute atomic E-state index is 9.53. The van der Waals surface area contributed by atoms with E-state index in [0.717, 1.165) is 38.5 Å². The van der Waals surface area contributed by atoms with Crippen LogP contribution >= 0.6 is 0 Å². The van der Waals surface area contributed by atoms with E-state index in [2.05, 4.69) is 24.3 Å². The van der Waals surface area contributed by atoms with Crippen molar-refractivity contribution in [1.82, 2.24) is 0 Å². The second-order valence-corrected chi connectivity index (χ2v) is 4.12. The van der Waals surface area contributed by atoms with Crippen LogP contribution in [0.1, 0.15) is 52.4 Å². The first-order valence-corrected chi connectivity index (χ1v) is 7.43. The number of rotatable bonds is 4. The molecule has 0 unspecified atom stereocenters. The van der Waals surface area contributed by atoms with Crippen LogP contribution in [0.15, 0.2) is 36.5 Å². The van der Waals surface area contributed by atoms with Crippen LogP contribution in [-0.2, 0) is 21.7 Å². The zero-order valence-corrected chi connectivity index (χ0v) is 15.0. The monoisotopic (exact) mass is 324 g/mol. The fourth-order valence-corrected chi connectivity index (χ4v) is 0.969. The van der Waals surface area contributed by atoms with Gasteiger partial charge in [-0.2, -0.15) is 12.2 Å². The standard InChI is InChI=1S/2C5H5.2C4H9O.Ti/c2*1-2-4-5-3-1;2*1-2-3-4-5;/h2*1-3H,4H2;2*2-4H2,1H3;/q4*-1;+4. The average Bonchev–Trinajstić information content (AvgIpc) is 3.20. The molecule has 3 heteroatoms. The van der Waals surface area contributed by atoms with Crippen LogP contribution in [0.3, 0.4) is 0 Å². The summed E-state index contributed by atoms with van der Waals surface area (Å²) in [6, 6.07) is 0. The van der Waals surface area contributed by atoms with Crippen LogP contribution in [0.4, 0.5) is 0 Å². The van der Waals surface area contributed by atoms with E-state index in [4.69, 9.17) is 0 Å². The third-order valence-electron chi connectivity index (χ3n) is 2.17. The van der Waals surface area contributed by atoms with E-state index in [0.29, 0.717) is 0 Å². The van der Waals surface area contributed by atoms with Gasteiger partial charge in [-0.1, -0.05) is 39.5 Å². The van der Waals surface area contributed by atoms with Crippen molar-refractivity contribution < 1.29 is 31.9 Å². The molecule has 21 heavy (non-hydrogen) atoms. The van der Waals surface area contributed by atoms with Gasteiger partial charge in [0, 0.05) is 0 Å². The molecule has 0 fully saturated rings.